The van der Waals surface area contributed by atoms with Crippen molar-refractivity contribution < 1.29 is 4.74 Å². The van der Waals surface area contributed by atoms with Gasteiger partial charge in [-0.1, -0.05) is 61.5 Å². The van der Waals surface area contributed by atoms with Gasteiger partial charge < -0.3 is 15.0 Å². The summed E-state index contributed by atoms with van der Waals surface area (Å²) in [4.78, 5) is 2.36. The molecule has 1 aliphatic carbocycles. The lowest BCUT2D eigenvalue weighted by Crippen LogP contribution is -2.22. The Hall–Kier alpha value is -2.78. The van der Waals surface area contributed by atoms with Gasteiger partial charge in [0, 0.05) is 24.8 Å². The zero-order chi connectivity index (χ0) is 23.3. The first-order chi connectivity index (χ1) is 16.2. The van der Waals surface area contributed by atoms with Gasteiger partial charge in [0.1, 0.15) is 5.75 Å². The van der Waals surface area contributed by atoms with E-state index in [9.17, 15) is 0 Å². The highest BCUT2D eigenvalue weighted by Crippen LogP contribution is 2.23. The van der Waals surface area contributed by atoms with Gasteiger partial charge in [0.2, 0.25) is 0 Å². The lowest BCUT2D eigenvalue weighted by molar-refractivity contribution is 0.415. The van der Waals surface area contributed by atoms with Crippen molar-refractivity contribution in [2.75, 3.05) is 31.6 Å². The third-order valence-corrected chi connectivity index (χ3v) is 6.30. The molecule has 3 nitrogen and oxygen atoms in total. The largest absolute Gasteiger partial charge is 0.497 e. The predicted molar refractivity (Wildman–Crippen MR) is 141 cm³/mol. The average molecular weight is 445 g/mol. The number of benzene rings is 3. The summed E-state index contributed by atoms with van der Waals surface area (Å²) in [6.45, 7) is 8.28. The maximum absolute atomic E-state index is 5.33. The van der Waals surface area contributed by atoms with Crippen LogP contribution in [0.2, 0.25) is 0 Å². The second-order valence-electron chi connectivity index (χ2n) is 8.61. The Morgan fingerprint density at radius 1 is 0.818 bits per heavy atom. The van der Waals surface area contributed by atoms with Gasteiger partial charge in [0.05, 0.1) is 7.11 Å². The maximum atomic E-state index is 5.33. The first-order valence-electron chi connectivity index (χ1n) is 12.5. The molecule has 0 saturated heterocycles. The highest BCUT2D eigenvalue weighted by Gasteiger charge is 2.07. The van der Waals surface area contributed by atoms with Gasteiger partial charge in [-0.2, -0.15) is 0 Å². The second-order valence-corrected chi connectivity index (χ2v) is 8.61. The van der Waals surface area contributed by atoms with Gasteiger partial charge in [0.15, 0.2) is 0 Å². The second kappa shape index (κ2) is 13.7. The van der Waals surface area contributed by atoms with Gasteiger partial charge in [-0.25, -0.2) is 0 Å². The molecule has 0 aliphatic heterocycles. The minimum atomic E-state index is 0.903. The number of hydrogen-bond donors (Lipinski definition) is 1. The molecule has 0 bridgehead atoms. The Kier molecular flexibility index (Phi) is 10.3. The van der Waals surface area contributed by atoms with E-state index in [2.05, 4.69) is 84.7 Å². The molecule has 4 rings (SSSR count). The Labute approximate surface area is 200 Å². The number of anilines is 1. The monoisotopic (exact) mass is 444 g/mol. The molecule has 0 saturated carbocycles. The van der Waals surface area contributed by atoms with Crippen LogP contribution in [0.15, 0.2) is 72.8 Å². The van der Waals surface area contributed by atoms with Crippen LogP contribution in [0.3, 0.4) is 0 Å². The smallest absolute Gasteiger partial charge is 0.120 e. The molecule has 176 valence electrons. The van der Waals surface area contributed by atoms with E-state index in [1.165, 1.54) is 42.5 Å². The summed E-state index contributed by atoms with van der Waals surface area (Å²) in [5, 5.41) is 3.36. The molecule has 3 aromatic rings. The van der Waals surface area contributed by atoms with E-state index in [0.29, 0.717) is 0 Å². The van der Waals surface area contributed by atoms with E-state index in [-0.39, 0.29) is 0 Å². The van der Waals surface area contributed by atoms with E-state index in [1.807, 2.05) is 12.1 Å². The number of likely N-dealkylation sites (N-methyl/N-ethyl adjacent to an activating group) is 1. The van der Waals surface area contributed by atoms with E-state index in [1.54, 1.807) is 18.2 Å². The Bertz CT molecular complexity index is 927. The number of rotatable bonds is 9. The summed E-state index contributed by atoms with van der Waals surface area (Å²) in [7, 11) is 1.71. The fraction of sp³-hybridized carbons (Fsp3) is 0.400. The Morgan fingerprint density at radius 3 is 2.09 bits per heavy atom. The topological polar surface area (TPSA) is 24.5 Å². The first-order valence-corrected chi connectivity index (χ1v) is 12.5. The first kappa shape index (κ1) is 24.9. The summed E-state index contributed by atoms with van der Waals surface area (Å²) in [5.41, 5.74) is 7.08. The van der Waals surface area contributed by atoms with E-state index in [0.717, 1.165) is 38.3 Å². The number of nitrogens with one attached hydrogen (secondary N) is 1. The summed E-state index contributed by atoms with van der Waals surface area (Å²) < 4.78 is 5.33. The number of hydrogen-bond acceptors (Lipinski definition) is 3. The van der Waals surface area contributed by atoms with E-state index >= 15 is 0 Å². The lowest BCUT2D eigenvalue weighted by Gasteiger charge is -2.23. The van der Waals surface area contributed by atoms with Crippen LogP contribution in [0.4, 0.5) is 5.69 Å². The summed E-state index contributed by atoms with van der Waals surface area (Å²) in [6, 6.07) is 26.0. The van der Waals surface area contributed by atoms with Crippen molar-refractivity contribution in [3.8, 4) is 5.75 Å². The van der Waals surface area contributed by atoms with Crippen LogP contribution in [-0.4, -0.2) is 26.7 Å². The summed E-state index contributed by atoms with van der Waals surface area (Å²) >= 11 is 0. The van der Waals surface area contributed by atoms with Crippen LogP contribution in [0.25, 0.3) is 0 Å². The predicted octanol–water partition coefficient (Wildman–Crippen LogP) is 6.44. The van der Waals surface area contributed by atoms with Crippen LogP contribution in [0.5, 0.6) is 5.75 Å². The molecule has 0 amide bonds. The van der Waals surface area contributed by atoms with Crippen LogP contribution >= 0.6 is 0 Å². The molecule has 0 unspecified atom stereocenters. The summed E-state index contributed by atoms with van der Waals surface area (Å²) in [5.74, 6) is 0.903. The van der Waals surface area contributed by atoms with Crippen LogP contribution < -0.4 is 15.0 Å². The zero-order valence-corrected chi connectivity index (χ0v) is 20.6. The van der Waals surface area contributed by atoms with Crippen molar-refractivity contribution in [2.24, 2.45) is 0 Å². The minimum absolute atomic E-state index is 0.903. The van der Waals surface area contributed by atoms with Gasteiger partial charge in [0.25, 0.3) is 0 Å². The molecule has 0 atom stereocenters. The molecular weight excluding hydrogens is 404 g/mol. The number of fused-ring (bicyclic) bond motifs is 1. The molecule has 0 radical (unpaired) electrons. The van der Waals surface area contributed by atoms with Gasteiger partial charge in [-0.3, -0.25) is 0 Å². The van der Waals surface area contributed by atoms with Crippen LogP contribution in [0, 0.1) is 0 Å². The fourth-order valence-corrected chi connectivity index (χ4v) is 4.31. The van der Waals surface area contributed by atoms with Crippen LogP contribution in [-0.2, 0) is 25.8 Å². The van der Waals surface area contributed by atoms with Crippen molar-refractivity contribution in [1.82, 2.24) is 5.32 Å². The molecular formula is C30H40N2O. The lowest BCUT2D eigenvalue weighted by atomic mass is 9.92. The quantitative estimate of drug-likeness (QED) is 0.384. The molecule has 0 spiro atoms. The maximum Gasteiger partial charge on any atom is 0.120 e. The number of methoxy groups -OCH3 is 1. The van der Waals surface area contributed by atoms with Crippen molar-refractivity contribution in [3.63, 3.8) is 0 Å². The fourth-order valence-electron chi connectivity index (χ4n) is 4.31. The average Bonchev–Trinajstić information content (AvgIpc) is 2.89. The van der Waals surface area contributed by atoms with Gasteiger partial charge >= 0.3 is 0 Å². The van der Waals surface area contributed by atoms with E-state index < -0.39 is 0 Å². The van der Waals surface area contributed by atoms with Gasteiger partial charge in [-0.15, -0.1) is 0 Å². The molecule has 1 N–H and O–H groups in total. The van der Waals surface area contributed by atoms with Crippen LogP contribution in [0.1, 0.15) is 48.9 Å². The highest BCUT2D eigenvalue weighted by atomic mass is 16.5. The van der Waals surface area contributed by atoms with Crippen molar-refractivity contribution in [1.29, 1.82) is 0 Å². The Balaban J connectivity index is 0.000000252. The molecule has 33 heavy (non-hydrogen) atoms. The molecule has 1 aliphatic rings. The van der Waals surface area contributed by atoms with Crippen molar-refractivity contribution in [2.45, 2.75) is 52.5 Å². The van der Waals surface area contributed by atoms with Crippen molar-refractivity contribution in [3.05, 3.63) is 95.1 Å². The normalized spacial score (nSPS) is 12.3. The number of aryl methyl sites for hydroxylation is 2. The zero-order valence-electron chi connectivity index (χ0n) is 20.6. The number of nitrogens with zero attached hydrogens (tertiary/aromatic N) is 1. The van der Waals surface area contributed by atoms with Crippen molar-refractivity contribution >= 4 is 5.69 Å². The molecule has 0 aromatic heterocycles. The molecule has 0 fully saturated rings. The minimum Gasteiger partial charge on any atom is -0.497 e. The summed E-state index contributed by atoms with van der Waals surface area (Å²) in [6.07, 6.45) is 6.46. The standard InChI is InChI=1S/C20H28N2O.C10H12/c1-4-21-14-13-17-9-11-18(12-10-17)16-22(5-2)19-7-6-8-20(15-19)23-3;1-2-6-10-8-4-3-7-9(10)5-1/h6-12,15,21H,4-5,13-14,16H2,1-3H3;1-2,5-6H,3-4,7-8H2. The highest BCUT2D eigenvalue weighted by molar-refractivity contribution is 5.51. The SMILES string of the molecule is CCNCCc1ccc(CN(CC)c2cccc(OC)c2)cc1.c1ccc2c(c1)CCCC2. The molecule has 0 heterocycles. The number of ether oxygens (including phenoxy) is 1. The van der Waals surface area contributed by atoms with Gasteiger partial charge in [-0.05, 0) is 86.5 Å². The Morgan fingerprint density at radius 2 is 1.48 bits per heavy atom. The third kappa shape index (κ3) is 7.94. The van der Waals surface area contributed by atoms with E-state index in [4.69, 9.17) is 4.74 Å². The molecule has 3 aromatic carbocycles. The third-order valence-electron chi connectivity index (χ3n) is 6.30. The molecule has 3 heteroatoms.